The van der Waals surface area contributed by atoms with Crippen LogP contribution in [0.4, 0.5) is 5.13 Å². The molecule has 0 fully saturated rings. The molecule has 0 spiro atoms. The topological polar surface area (TPSA) is 88.5 Å². The molecule has 0 atom stereocenters. The highest BCUT2D eigenvalue weighted by Crippen LogP contribution is 2.20. The largest absolute Gasteiger partial charge is 0.493 e. The summed E-state index contributed by atoms with van der Waals surface area (Å²) in [6.07, 6.45) is 3.81. The molecule has 2 aromatic rings. The van der Waals surface area contributed by atoms with Crippen molar-refractivity contribution in [2.45, 2.75) is 19.8 Å². The maximum Gasteiger partial charge on any atom is 0.309 e. The summed E-state index contributed by atoms with van der Waals surface area (Å²) in [7, 11) is 0. The van der Waals surface area contributed by atoms with Crippen LogP contribution in [0.3, 0.4) is 0 Å². The molecule has 1 amide bonds. The van der Waals surface area contributed by atoms with Crippen molar-refractivity contribution in [1.29, 1.82) is 0 Å². The van der Waals surface area contributed by atoms with Gasteiger partial charge in [0, 0.05) is 17.0 Å². The van der Waals surface area contributed by atoms with Gasteiger partial charge in [0.25, 0.3) is 0 Å². The molecule has 7 heteroatoms. The Morgan fingerprint density at radius 2 is 2.17 bits per heavy atom. The van der Waals surface area contributed by atoms with Crippen LogP contribution >= 0.6 is 11.3 Å². The van der Waals surface area contributed by atoms with Gasteiger partial charge in [-0.15, -0.1) is 11.3 Å². The summed E-state index contributed by atoms with van der Waals surface area (Å²) in [4.78, 5) is 26.6. The number of aliphatic carboxylic acids is 1. The Labute approximate surface area is 143 Å². The fourth-order valence-corrected chi connectivity index (χ4v) is 2.59. The van der Waals surface area contributed by atoms with Crippen LogP contribution in [0.5, 0.6) is 5.75 Å². The average molecular weight is 346 g/mol. The van der Waals surface area contributed by atoms with E-state index >= 15 is 0 Å². The zero-order valence-electron chi connectivity index (χ0n) is 13.2. The predicted octanol–water partition coefficient (Wildman–Crippen LogP) is 3.21. The van der Waals surface area contributed by atoms with Gasteiger partial charge in [0.15, 0.2) is 5.13 Å². The molecule has 2 rings (SSSR count). The van der Waals surface area contributed by atoms with Gasteiger partial charge >= 0.3 is 5.97 Å². The van der Waals surface area contributed by atoms with Crippen LogP contribution in [0.25, 0.3) is 6.08 Å². The molecule has 0 unspecified atom stereocenters. The molecule has 2 N–H and O–H groups in total. The molecule has 0 aliphatic carbocycles. The minimum atomic E-state index is -0.957. The monoisotopic (exact) mass is 346 g/mol. The van der Waals surface area contributed by atoms with Gasteiger partial charge in [0.05, 0.1) is 18.7 Å². The third-order valence-corrected chi connectivity index (χ3v) is 3.72. The quantitative estimate of drug-likeness (QED) is 0.717. The van der Waals surface area contributed by atoms with E-state index < -0.39 is 5.97 Å². The summed E-state index contributed by atoms with van der Waals surface area (Å²) in [5.41, 5.74) is 1.23. The molecule has 1 aromatic heterocycles. The number of carbonyl (C=O) groups is 2. The van der Waals surface area contributed by atoms with Crippen molar-refractivity contribution in [3.05, 3.63) is 47.0 Å². The molecule has 1 heterocycles. The van der Waals surface area contributed by atoms with E-state index in [4.69, 9.17) is 9.84 Å². The molecule has 0 aliphatic heterocycles. The molecule has 6 nitrogen and oxygen atoms in total. The van der Waals surface area contributed by atoms with E-state index in [2.05, 4.69) is 10.3 Å². The summed E-state index contributed by atoms with van der Waals surface area (Å²) in [6.45, 7) is 2.64. The van der Waals surface area contributed by atoms with Gasteiger partial charge in [0.2, 0.25) is 5.91 Å². The number of ether oxygens (including phenoxy) is 1. The van der Waals surface area contributed by atoms with Crippen molar-refractivity contribution in [2.24, 2.45) is 0 Å². The summed E-state index contributed by atoms with van der Waals surface area (Å²) in [5.74, 6) is -0.570. The van der Waals surface area contributed by atoms with Crippen molar-refractivity contribution >= 4 is 34.4 Å². The molecule has 0 bridgehead atoms. The first-order chi connectivity index (χ1) is 11.6. The number of carbonyl (C=O) groups excluding carboxylic acids is 1. The van der Waals surface area contributed by atoms with Gasteiger partial charge < -0.3 is 9.84 Å². The summed E-state index contributed by atoms with van der Waals surface area (Å²) < 4.78 is 5.63. The van der Waals surface area contributed by atoms with Crippen molar-refractivity contribution in [2.75, 3.05) is 11.9 Å². The van der Waals surface area contributed by atoms with Crippen molar-refractivity contribution in [3.8, 4) is 5.75 Å². The second-order valence-corrected chi connectivity index (χ2v) is 5.78. The van der Waals surface area contributed by atoms with E-state index in [1.54, 1.807) is 11.5 Å². The number of anilines is 1. The number of carboxylic acids is 1. The van der Waals surface area contributed by atoms with Crippen molar-refractivity contribution in [3.63, 3.8) is 0 Å². The van der Waals surface area contributed by atoms with Gasteiger partial charge in [0.1, 0.15) is 5.75 Å². The highest BCUT2D eigenvalue weighted by Gasteiger charge is 2.08. The number of para-hydroxylation sites is 1. The minimum absolute atomic E-state index is 0.162. The number of nitrogens with zero attached hydrogens (tertiary/aromatic N) is 1. The zero-order chi connectivity index (χ0) is 17.4. The fourth-order valence-electron chi connectivity index (χ4n) is 1.87. The lowest BCUT2D eigenvalue weighted by molar-refractivity contribution is -0.136. The maximum atomic E-state index is 12.0. The highest BCUT2D eigenvalue weighted by atomic mass is 32.1. The number of hydrogen-bond acceptors (Lipinski definition) is 5. The summed E-state index contributed by atoms with van der Waals surface area (Å²) in [5, 5.41) is 13.3. The Balaban J connectivity index is 1.98. The molecule has 0 saturated carbocycles. The molecule has 0 saturated heterocycles. The first-order valence-corrected chi connectivity index (χ1v) is 8.33. The molecular formula is C17H18N2O4S. The molecule has 0 radical (unpaired) electrons. The Kier molecular flexibility index (Phi) is 6.51. The highest BCUT2D eigenvalue weighted by molar-refractivity contribution is 7.14. The number of nitrogens with one attached hydrogen (secondary N) is 1. The minimum Gasteiger partial charge on any atom is -0.493 e. The van der Waals surface area contributed by atoms with Crippen LogP contribution in [0, 0.1) is 0 Å². The number of amides is 1. The van der Waals surface area contributed by atoms with E-state index in [0.717, 1.165) is 17.7 Å². The smallest absolute Gasteiger partial charge is 0.309 e. The van der Waals surface area contributed by atoms with E-state index in [0.29, 0.717) is 17.4 Å². The van der Waals surface area contributed by atoms with Gasteiger partial charge in [-0.25, -0.2) is 4.98 Å². The Morgan fingerprint density at radius 1 is 1.38 bits per heavy atom. The van der Waals surface area contributed by atoms with Crippen LogP contribution in [0.15, 0.2) is 35.7 Å². The van der Waals surface area contributed by atoms with Crippen LogP contribution in [0.2, 0.25) is 0 Å². The third-order valence-electron chi connectivity index (χ3n) is 2.91. The zero-order valence-corrected chi connectivity index (χ0v) is 14.0. The first-order valence-electron chi connectivity index (χ1n) is 7.45. The second kappa shape index (κ2) is 8.83. The Hall–Kier alpha value is -2.67. The van der Waals surface area contributed by atoms with Crippen LogP contribution in [-0.4, -0.2) is 28.6 Å². The SMILES string of the molecule is CCCOc1ccccc1/C=C/C(=O)Nc1nc(CC(=O)O)cs1. The fraction of sp³-hybridized carbons (Fsp3) is 0.235. The van der Waals surface area contributed by atoms with Gasteiger partial charge in [-0.1, -0.05) is 25.1 Å². The summed E-state index contributed by atoms with van der Waals surface area (Å²) in [6, 6.07) is 7.46. The number of hydrogen-bond donors (Lipinski definition) is 2. The number of benzene rings is 1. The molecule has 0 aliphatic rings. The number of carboxylic acid groups (broad SMARTS) is 1. The van der Waals surface area contributed by atoms with Gasteiger partial charge in [-0.3, -0.25) is 14.9 Å². The van der Waals surface area contributed by atoms with Crippen molar-refractivity contribution < 1.29 is 19.4 Å². The lowest BCUT2D eigenvalue weighted by Crippen LogP contribution is -2.08. The second-order valence-electron chi connectivity index (χ2n) is 4.92. The predicted molar refractivity (Wildman–Crippen MR) is 93.3 cm³/mol. The van der Waals surface area contributed by atoms with E-state index in [-0.39, 0.29) is 12.3 Å². The van der Waals surface area contributed by atoms with Gasteiger partial charge in [-0.2, -0.15) is 0 Å². The average Bonchev–Trinajstić information content (AvgIpc) is 2.97. The number of aromatic nitrogens is 1. The summed E-state index contributed by atoms with van der Waals surface area (Å²) >= 11 is 1.19. The van der Waals surface area contributed by atoms with E-state index in [1.807, 2.05) is 31.2 Å². The molecular weight excluding hydrogens is 328 g/mol. The Bertz CT molecular complexity index is 740. The lowest BCUT2D eigenvalue weighted by Gasteiger charge is -2.07. The van der Waals surface area contributed by atoms with E-state index in [9.17, 15) is 9.59 Å². The van der Waals surface area contributed by atoms with Crippen molar-refractivity contribution in [1.82, 2.24) is 4.98 Å². The third kappa shape index (κ3) is 5.51. The van der Waals surface area contributed by atoms with E-state index in [1.165, 1.54) is 17.4 Å². The lowest BCUT2D eigenvalue weighted by atomic mass is 10.2. The normalized spacial score (nSPS) is 10.7. The Morgan fingerprint density at radius 3 is 2.92 bits per heavy atom. The molecule has 1 aromatic carbocycles. The maximum absolute atomic E-state index is 12.0. The first kappa shape index (κ1) is 17.7. The molecule has 24 heavy (non-hydrogen) atoms. The standard InChI is InChI=1S/C17H18N2O4S/c1-2-9-23-14-6-4-3-5-12(14)7-8-15(20)19-17-18-13(11-24-17)10-16(21)22/h3-8,11H,2,9-10H2,1H3,(H,21,22)(H,18,19,20)/b8-7+. The number of rotatable bonds is 8. The molecule has 126 valence electrons. The van der Waals surface area contributed by atoms with Crippen LogP contribution < -0.4 is 10.1 Å². The van der Waals surface area contributed by atoms with Crippen LogP contribution in [-0.2, 0) is 16.0 Å². The van der Waals surface area contributed by atoms with Crippen LogP contribution in [0.1, 0.15) is 24.6 Å². The van der Waals surface area contributed by atoms with Gasteiger partial charge in [-0.05, 0) is 18.6 Å². The number of thiazole rings is 1.